The van der Waals surface area contributed by atoms with Gasteiger partial charge >= 0.3 is 5.97 Å². The van der Waals surface area contributed by atoms with Crippen molar-refractivity contribution in [1.82, 2.24) is 10.2 Å². The van der Waals surface area contributed by atoms with Crippen LogP contribution in [0.15, 0.2) is 48.5 Å². The SMILES string of the molecule is Cc1c(COc2cc(OCCN3CCC(O)C3)c(CNC(CO)C(=O)O)cc2Cl)cccc1-c1ccc2c(c1)OCCO2. The van der Waals surface area contributed by atoms with Gasteiger partial charge in [0.15, 0.2) is 11.5 Å². The van der Waals surface area contributed by atoms with Gasteiger partial charge < -0.3 is 34.3 Å². The Morgan fingerprint density at radius 2 is 1.91 bits per heavy atom. The molecule has 3 aromatic carbocycles. The van der Waals surface area contributed by atoms with Crippen molar-refractivity contribution in [2.75, 3.05) is 46.1 Å². The average molecular weight is 613 g/mol. The Kier molecular flexibility index (Phi) is 10.3. The number of benzene rings is 3. The lowest BCUT2D eigenvalue weighted by Crippen LogP contribution is -2.39. The van der Waals surface area contributed by atoms with Gasteiger partial charge in [0.2, 0.25) is 0 Å². The molecule has 0 aromatic heterocycles. The Bertz CT molecular complexity index is 1430. The molecule has 43 heavy (non-hydrogen) atoms. The molecule has 1 saturated heterocycles. The van der Waals surface area contributed by atoms with Gasteiger partial charge in [-0.25, -0.2) is 0 Å². The third-order valence-electron chi connectivity index (χ3n) is 7.73. The Morgan fingerprint density at radius 1 is 1.09 bits per heavy atom. The van der Waals surface area contributed by atoms with Crippen molar-refractivity contribution in [3.63, 3.8) is 0 Å². The number of nitrogens with zero attached hydrogens (tertiary/aromatic N) is 1. The van der Waals surface area contributed by atoms with Crippen LogP contribution in [0.4, 0.5) is 0 Å². The minimum Gasteiger partial charge on any atom is -0.492 e. The highest BCUT2D eigenvalue weighted by molar-refractivity contribution is 6.32. The minimum atomic E-state index is -1.16. The summed E-state index contributed by atoms with van der Waals surface area (Å²) in [5, 5.41) is 31.7. The van der Waals surface area contributed by atoms with Crippen LogP contribution in [0.1, 0.15) is 23.1 Å². The number of hydrogen-bond acceptors (Lipinski definition) is 9. The topological polar surface area (TPSA) is 130 Å². The van der Waals surface area contributed by atoms with Gasteiger partial charge in [0.05, 0.1) is 17.7 Å². The second-order valence-corrected chi connectivity index (χ2v) is 11.1. The third-order valence-corrected chi connectivity index (χ3v) is 8.02. The maximum atomic E-state index is 11.4. The zero-order valence-corrected chi connectivity index (χ0v) is 24.8. The molecule has 3 aromatic rings. The summed E-state index contributed by atoms with van der Waals surface area (Å²) in [6, 6.07) is 14.3. The number of carbonyl (C=O) groups is 1. The van der Waals surface area contributed by atoms with Crippen molar-refractivity contribution in [3.05, 3.63) is 70.2 Å². The molecule has 0 aliphatic carbocycles. The highest BCUT2D eigenvalue weighted by Gasteiger charge is 2.21. The van der Waals surface area contributed by atoms with Crippen LogP contribution in [0.2, 0.25) is 5.02 Å². The lowest BCUT2D eigenvalue weighted by Gasteiger charge is -2.20. The molecule has 2 unspecified atom stereocenters. The smallest absolute Gasteiger partial charge is 0.323 e. The number of carboxylic acids is 1. The molecule has 2 aliphatic heterocycles. The third kappa shape index (κ3) is 7.70. The Labute approximate surface area is 255 Å². The van der Waals surface area contributed by atoms with E-state index in [1.54, 1.807) is 12.1 Å². The van der Waals surface area contributed by atoms with E-state index in [0.29, 0.717) is 55.0 Å². The van der Waals surface area contributed by atoms with E-state index >= 15 is 0 Å². The highest BCUT2D eigenvalue weighted by atomic mass is 35.5. The summed E-state index contributed by atoms with van der Waals surface area (Å²) >= 11 is 6.63. The van der Waals surface area contributed by atoms with Gasteiger partial charge in [-0.1, -0.05) is 35.9 Å². The first kappa shape index (κ1) is 30.9. The molecule has 0 amide bonds. The van der Waals surface area contributed by atoms with Gasteiger partial charge in [-0.3, -0.25) is 15.0 Å². The fraction of sp³-hybridized carbons (Fsp3) is 0.406. The predicted molar refractivity (Wildman–Crippen MR) is 161 cm³/mol. The van der Waals surface area contributed by atoms with Gasteiger partial charge in [0.25, 0.3) is 0 Å². The fourth-order valence-electron chi connectivity index (χ4n) is 5.24. The van der Waals surface area contributed by atoms with E-state index in [1.165, 1.54) is 0 Å². The molecule has 1 fully saturated rings. The molecule has 11 heteroatoms. The number of halogens is 1. The first-order valence-corrected chi connectivity index (χ1v) is 14.7. The number of carboxylic acid groups (broad SMARTS) is 1. The lowest BCUT2D eigenvalue weighted by molar-refractivity contribution is -0.140. The van der Waals surface area contributed by atoms with Gasteiger partial charge in [-0.15, -0.1) is 0 Å². The molecule has 0 bridgehead atoms. The van der Waals surface area contributed by atoms with Crippen molar-refractivity contribution < 1.29 is 39.1 Å². The molecule has 2 aliphatic rings. The van der Waals surface area contributed by atoms with Crippen molar-refractivity contribution >= 4 is 17.6 Å². The van der Waals surface area contributed by atoms with Gasteiger partial charge in [0, 0.05) is 37.8 Å². The molecule has 0 saturated carbocycles. The molecule has 2 atom stereocenters. The van der Waals surface area contributed by atoms with E-state index in [0.717, 1.165) is 46.7 Å². The molecule has 2 heterocycles. The predicted octanol–water partition coefficient (Wildman–Crippen LogP) is 3.65. The van der Waals surface area contributed by atoms with Gasteiger partial charge in [-0.2, -0.15) is 0 Å². The van der Waals surface area contributed by atoms with Crippen LogP contribution in [-0.2, 0) is 17.9 Å². The number of rotatable bonds is 13. The lowest BCUT2D eigenvalue weighted by atomic mass is 9.96. The summed E-state index contributed by atoms with van der Waals surface area (Å²) in [6.45, 7) is 5.33. The normalized spacial score (nSPS) is 17.1. The zero-order chi connectivity index (χ0) is 30.3. The number of β-amino-alcohol motifs (C(OH)–C–C–N with tert-alkyl or cyclic N) is 1. The fourth-order valence-corrected chi connectivity index (χ4v) is 5.48. The summed E-state index contributed by atoms with van der Waals surface area (Å²) in [5.41, 5.74) is 4.75. The molecule has 10 nitrogen and oxygen atoms in total. The van der Waals surface area contributed by atoms with Crippen molar-refractivity contribution in [3.8, 4) is 34.1 Å². The maximum absolute atomic E-state index is 11.4. The molecule has 0 spiro atoms. The minimum absolute atomic E-state index is 0.117. The van der Waals surface area contributed by atoms with Crippen LogP contribution < -0.4 is 24.3 Å². The monoisotopic (exact) mass is 612 g/mol. The Morgan fingerprint density at radius 3 is 2.65 bits per heavy atom. The Balaban J connectivity index is 1.32. The van der Waals surface area contributed by atoms with E-state index in [1.807, 2.05) is 37.3 Å². The van der Waals surface area contributed by atoms with Crippen LogP contribution >= 0.6 is 11.6 Å². The molecule has 4 N–H and O–H groups in total. The molecule has 230 valence electrons. The average Bonchev–Trinajstić information content (AvgIpc) is 3.42. The summed E-state index contributed by atoms with van der Waals surface area (Å²) in [6.07, 6.45) is 0.416. The number of likely N-dealkylation sites (tertiary alicyclic amines) is 1. The van der Waals surface area contributed by atoms with E-state index in [-0.39, 0.29) is 19.3 Å². The van der Waals surface area contributed by atoms with Gasteiger partial charge in [-0.05, 0) is 53.8 Å². The van der Waals surface area contributed by atoms with Crippen molar-refractivity contribution in [2.45, 2.75) is 38.6 Å². The highest BCUT2D eigenvalue weighted by Crippen LogP contribution is 2.37. The first-order chi connectivity index (χ1) is 20.8. The zero-order valence-electron chi connectivity index (χ0n) is 24.1. The van der Waals surface area contributed by atoms with E-state index in [2.05, 4.69) is 16.3 Å². The van der Waals surface area contributed by atoms with E-state index in [4.69, 9.17) is 30.5 Å². The van der Waals surface area contributed by atoms with Crippen molar-refractivity contribution in [1.29, 1.82) is 0 Å². The molecular formula is C32H37ClN2O8. The van der Waals surface area contributed by atoms with Gasteiger partial charge in [0.1, 0.15) is 44.0 Å². The summed E-state index contributed by atoms with van der Waals surface area (Å²) < 4.78 is 23.8. The summed E-state index contributed by atoms with van der Waals surface area (Å²) in [7, 11) is 0. The number of fused-ring (bicyclic) bond motifs is 1. The number of aliphatic hydroxyl groups excluding tert-OH is 2. The first-order valence-electron chi connectivity index (χ1n) is 14.4. The number of hydrogen-bond donors (Lipinski definition) is 4. The van der Waals surface area contributed by atoms with Crippen LogP contribution in [0, 0.1) is 6.92 Å². The van der Waals surface area contributed by atoms with Crippen LogP contribution in [0.25, 0.3) is 11.1 Å². The number of nitrogens with one attached hydrogen (secondary N) is 1. The van der Waals surface area contributed by atoms with E-state index in [9.17, 15) is 20.1 Å². The largest absolute Gasteiger partial charge is 0.492 e. The molecule has 0 radical (unpaired) electrons. The summed E-state index contributed by atoms with van der Waals surface area (Å²) in [5.74, 6) is 1.24. The molecular weight excluding hydrogens is 576 g/mol. The number of aliphatic carboxylic acids is 1. The van der Waals surface area contributed by atoms with Crippen LogP contribution in [0.3, 0.4) is 0 Å². The van der Waals surface area contributed by atoms with E-state index < -0.39 is 18.6 Å². The Hall–Kier alpha value is -3.54. The quantitative estimate of drug-likeness (QED) is 0.227. The summed E-state index contributed by atoms with van der Waals surface area (Å²) in [4.78, 5) is 13.5. The van der Waals surface area contributed by atoms with Crippen molar-refractivity contribution in [2.24, 2.45) is 0 Å². The second-order valence-electron chi connectivity index (χ2n) is 10.7. The number of ether oxygens (including phenoxy) is 4. The second kappa shape index (κ2) is 14.3. The molecule has 5 rings (SSSR count). The number of aliphatic hydroxyl groups is 2. The van der Waals surface area contributed by atoms with Crippen LogP contribution in [0.5, 0.6) is 23.0 Å². The van der Waals surface area contributed by atoms with Crippen LogP contribution in [-0.4, -0.2) is 84.4 Å². The standard InChI is InChI=1S/C32H37ClN2O8/c1-20-22(3-2-4-25(20)21-5-6-28-31(14-21)42-12-11-41-28)19-43-30-15-29(40-10-9-35-8-7-24(37)17-35)23(13-26(30)33)16-34-27(18-36)32(38)39/h2-6,13-15,24,27,34,36-37H,7-12,16-19H2,1H3,(H,38,39). The maximum Gasteiger partial charge on any atom is 0.323 e.